The van der Waals surface area contributed by atoms with Crippen LogP contribution >= 0.6 is 0 Å². The van der Waals surface area contributed by atoms with Crippen molar-refractivity contribution in [1.29, 1.82) is 0 Å². The zero-order valence-electron chi connectivity index (χ0n) is 7.27. The molecule has 1 aromatic rings. The fourth-order valence-electron chi connectivity index (χ4n) is 0.982. The van der Waals surface area contributed by atoms with Gasteiger partial charge in [0.2, 0.25) is 0 Å². The first kappa shape index (κ1) is 9.00. The maximum atomic E-state index is 9.03. The Hall–Kier alpha value is -1.09. The molecule has 3 nitrogen and oxygen atoms in total. The highest BCUT2D eigenvalue weighted by Crippen LogP contribution is 2.03. The van der Waals surface area contributed by atoms with E-state index < -0.39 is 0 Å². The molecule has 1 atom stereocenters. The van der Waals surface area contributed by atoms with Crippen molar-refractivity contribution in [2.45, 2.75) is 25.9 Å². The average molecular weight is 166 g/mol. The molecule has 0 saturated carbocycles. The molecule has 0 radical (unpaired) electrons. The van der Waals surface area contributed by atoms with Gasteiger partial charge in [0.25, 0.3) is 0 Å². The highest BCUT2D eigenvalue weighted by molar-refractivity contribution is 5.17. The molecule has 0 aliphatic carbocycles. The van der Waals surface area contributed by atoms with Crippen LogP contribution in [0.5, 0.6) is 0 Å². The summed E-state index contributed by atoms with van der Waals surface area (Å²) in [5, 5.41) is 13.1. The van der Waals surface area contributed by atoms with Gasteiger partial charge in [0.05, 0.1) is 12.3 Å². The smallest absolute Gasteiger partial charge is 0.0525 e. The third kappa shape index (κ3) is 2.51. The fourth-order valence-corrected chi connectivity index (χ4v) is 0.982. The molecule has 1 N–H and O–H groups in total. The van der Waals surface area contributed by atoms with E-state index in [1.54, 1.807) is 24.0 Å². The van der Waals surface area contributed by atoms with E-state index in [1.807, 2.05) is 6.20 Å². The summed E-state index contributed by atoms with van der Waals surface area (Å²) in [6, 6.07) is 0. The monoisotopic (exact) mass is 166 g/mol. The van der Waals surface area contributed by atoms with Gasteiger partial charge >= 0.3 is 0 Å². The number of aryl methyl sites for hydroxylation is 1. The van der Waals surface area contributed by atoms with E-state index in [2.05, 4.69) is 11.7 Å². The predicted molar refractivity (Wildman–Crippen MR) is 48.6 cm³/mol. The first-order valence-corrected chi connectivity index (χ1v) is 4.06. The van der Waals surface area contributed by atoms with Crippen LogP contribution in [0.4, 0.5) is 0 Å². The lowest BCUT2D eigenvalue weighted by Crippen LogP contribution is -2.00. The van der Waals surface area contributed by atoms with Gasteiger partial charge in [-0.05, 0) is 25.3 Å². The standard InChI is InChI=1S/C9H14N2O/c1-3-11-7-9(6-10-11)5-4-8(2)12/h3,6-8,12H,1,4-5H2,2H3/t8-/m1/s1. The Bertz CT molecular complexity index is 253. The van der Waals surface area contributed by atoms with Gasteiger partial charge in [-0.3, -0.25) is 0 Å². The van der Waals surface area contributed by atoms with Crippen LogP contribution in [-0.2, 0) is 6.42 Å². The van der Waals surface area contributed by atoms with E-state index >= 15 is 0 Å². The number of hydrogen-bond donors (Lipinski definition) is 1. The maximum Gasteiger partial charge on any atom is 0.0525 e. The molecule has 3 heteroatoms. The van der Waals surface area contributed by atoms with Crippen LogP contribution in [0.1, 0.15) is 18.9 Å². The van der Waals surface area contributed by atoms with Crippen molar-refractivity contribution >= 4 is 6.20 Å². The molecule has 12 heavy (non-hydrogen) atoms. The van der Waals surface area contributed by atoms with Crippen molar-refractivity contribution in [2.24, 2.45) is 0 Å². The van der Waals surface area contributed by atoms with Gasteiger partial charge in [-0.2, -0.15) is 5.10 Å². The molecule has 0 bridgehead atoms. The summed E-state index contributed by atoms with van der Waals surface area (Å²) < 4.78 is 1.66. The molecular formula is C9H14N2O. The predicted octanol–water partition coefficient (Wildman–Crippen LogP) is 1.30. The SMILES string of the molecule is C=Cn1cc(CC[C@@H](C)O)cn1. The minimum Gasteiger partial charge on any atom is -0.393 e. The Morgan fingerprint density at radius 1 is 1.83 bits per heavy atom. The number of nitrogens with zero attached hydrogens (tertiary/aromatic N) is 2. The summed E-state index contributed by atoms with van der Waals surface area (Å²) in [5.41, 5.74) is 1.14. The number of rotatable bonds is 4. The van der Waals surface area contributed by atoms with Crippen molar-refractivity contribution in [3.8, 4) is 0 Å². The largest absolute Gasteiger partial charge is 0.393 e. The average Bonchev–Trinajstić information content (AvgIpc) is 2.48. The number of aromatic nitrogens is 2. The van der Waals surface area contributed by atoms with Crippen LogP contribution in [0.25, 0.3) is 6.20 Å². The van der Waals surface area contributed by atoms with Crippen LogP contribution in [-0.4, -0.2) is 21.0 Å². The fraction of sp³-hybridized carbons (Fsp3) is 0.444. The minimum absolute atomic E-state index is 0.239. The van der Waals surface area contributed by atoms with Crippen molar-refractivity contribution in [3.05, 3.63) is 24.5 Å². The van der Waals surface area contributed by atoms with Gasteiger partial charge in [-0.25, -0.2) is 4.68 Å². The van der Waals surface area contributed by atoms with Gasteiger partial charge in [0, 0.05) is 12.4 Å². The summed E-state index contributed by atoms with van der Waals surface area (Å²) in [7, 11) is 0. The van der Waals surface area contributed by atoms with E-state index in [4.69, 9.17) is 5.11 Å². The van der Waals surface area contributed by atoms with E-state index in [0.29, 0.717) is 0 Å². The summed E-state index contributed by atoms with van der Waals surface area (Å²) in [5.74, 6) is 0. The van der Waals surface area contributed by atoms with Crippen LogP contribution in [0.3, 0.4) is 0 Å². The van der Waals surface area contributed by atoms with Gasteiger partial charge in [0.1, 0.15) is 0 Å². The first-order chi connectivity index (χ1) is 5.72. The summed E-state index contributed by atoms with van der Waals surface area (Å²) in [6.07, 6.45) is 6.76. The molecule has 0 amide bonds. The molecule has 66 valence electrons. The Labute approximate surface area is 72.3 Å². The van der Waals surface area contributed by atoms with E-state index in [0.717, 1.165) is 18.4 Å². The van der Waals surface area contributed by atoms with E-state index in [-0.39, 0.29) is 6.10 Å². The minimum atomic E-state index is -0.239. The molecular weight excluding hydrogens is 152 g/mol. The normalized spacial score (nSPS) is 12.8. The molecule has 0 aliphatic rings. The topological polar surface area (TPSA) is 38.0 Å². The zero-order valence-corrected chi connectivity index (χ0v) is 7.27. The first-order valence-electron chi connectivity index (χ1n) is 4.06. The van der Waals surface area contributed by atoms with Gasteiger partial charge in [0.15, 0.2) is 0 Å². The van der Waals surface area contributed by atoms with Crippen molar-refractivity contribution in [3.63, 3.8) is 0 Å². The van der Waals surface area contributed by atoms with Crippen molar-refractivity contribution in [1.82, 2.24) is 9.78 Å². The van der Waals surface area contributed by atoms with Crippen LogP contribution in [0.15, 0.2) is 19.0 Å². The van der Waals surface area contributed by atoms with E-state index in [9.17, 15) is 0 Å². The lowest BCUT2D eigenvalue weighted by atomic mass is 10.1. The van der Waals surface area contributed by atoms with E-state index in [1.165, 1.54) is 0 Å². The summed E-state index contributed by atoms with van der Waals surface area (Å²) >= 11 is 0. The molecule has 0 aromatic carbocycles. The highest BCUT2D eigenvalue weighted by atomic mass is 16.3. The molecule has 0 saturated heterocycles. The summed E-state index contributed by atoms with van der Waals surface area (Å²) in [4.78, 5) is 0. The Morgan fingerprint density at radius 3 is 3.08 bits per heavy atom. The molecule has 1 heterocycles. The quantitative estimate of drug-likeness (QED) is 0.732. The number of aliphatic hydroxyl groups is 1. The second-order valence-electron chi connectivity index (χ2n) is 2.90. The summed E-state index contributed by atoms with van der Waals surface area (Å²) in [6.45, 7) is 5.38. The van der Waals surface area contributed by atoms with Crippen LogP contribution < -0.4 is 0 Å². The molecule has 0 aliphatic heterocycles. The Balaban J connectivity index is 2.47. The molecule has 1 aromatic heterocycles. The number of aliphatic hydroxyl groups excluding tert-OH is 1. The highest BCUT2D eigenvalue weighted by Gasteiger charge is 1.99. The Kier molecular flexibility index (Phi) is 3.05. The Morgan fingerprint density at radius 2 is 2.58 bits per heavy atom. The molecule has 0 spiro atoms. The second kappa shape index (κ2) is 4.07. The van der Waals surface area contributed by atoms with Crippen LogP contribution in [0, 0.1) is 0 Å². The van der Waals surface area contributed by atoms with Crippen LogP contribution in [0.2, 0.25) is 0 Å². The third-order valence-electron chi connectivity index (χ3n) is 1.69. The van der Waals surface area contributed by atoms with Gasteiger partial charge in [-0.15, -0.1) is 0 Å². The van der Waals surface area contributed by atoms with Crippen molar-refractivity contribution in [2.75, 3.05) is 0 Å². The lowest BCUT2D eigenvalue weighted by molar-refractivity contribution is 0.185. The zero-order chi connectivity index (χ0) is 8.97. The van der Waals surface area contributed by atoms with Gasteiger partial charge < -0.3 is 5.11 Å². The second-order valence-corrected chi connectivity index (χ2v) is 2.90. The van der Waals surface area contributed by atoms with Crippen molar-refractivity contribution < 1.29 is 5.11 Å². The molecule has 1 rings (SSSR count). The molecule has 0 fully saturated rings. The lowest BCUT2D eigenvalue weighted by Gasteiger charge is -1.99. The molecule has 0 unspecified atom stereocenters. The van der Waals surface area contributed by atoms with Gasteiger partial charge in [-0.1, -0.05) is 6.58 Å². The maximum absolute atomic E-state index is 9.03. The number of hydrogen-bond acceptors (Lipinski definition) is 2. The third-order valence-corrected chi connectivity index (χ3v) is 1.69.